The fourth-order valence-corrected chi connectivity index (χ4v) is 2.75. The highest BCUT2D eigenvalue weighted by atomic mass is 15.3. The molecule has 2 unspecified atom stereocenters. The van der Waals surface area contributed by atoms with E-state index in [1.54, 1.807) is 0 Å². The molecular formula is C16H28N4. The summed E-state index contributed by atoms with van der Waals surface area (Å²) in [7, 11) is 0. The van der Waals surface area contributed by atoms with Crippen LogP contribution in [0.15, 0.2) is 12.1 Å². The SMILES string of the molecule is CC(C)CNCc1ccc(N2CCCC(C)C2C)nn1. The maximum absolute atomic E-state index is 4.42. The highest BCUT2D eigenvalue weighted by Crippen LogP contribution is 2.26. The largest absolute Gasteiger partial charge is 0.352 e. The van der Waals surface area contributed by atoms with Gasteiger partial charge in [-0.15, -0.1) is 5.10 Å². The van der Waals surface area contributed by atoms with E-state index in [0.29, 0.717) is 12.0 Å². The molecule has 0 aliphatic carbocycles. The molecule has 1 fully saturated rings. The average molecular weight is 276 g/mol. The van der Waals surface area contributed by atoms with Gasteiger partial charge in [-0.3, -0.25) is 0 Å². The van der Waals surface area contributed by atoms with Crippen molar-refractivity contribution in [2.75, 3.05) is 18.0 Å². The summed E-state index contributed by atoms with van der Waals surface area (Å²) in [6.07, 6.45) is 2.58. The van der Waals surface area contributed by atoms with Crippen LogP contribution in [-0.2, 0) is 6.54 Å². The molecule has 2 heterocycles. The summed E-state index contributed by atoms with van der Waals surface area (Å²) in [5.41, 5.74) is 1.02. The van der Waals surface area contributed by atoms with Gasteiger partial charge in [0.2, 0.25) is 0 Å². The Hall–Kier alpha value is -1.16. The maximum atomic E-state index is 4.42. The summed E-state index contributed by atoms with van der Waals surface area (Å²) in [4.78, 5) is 2.40. The lowest BCUT2D eigenvalue weighted by Crippen LogP contribution is -2.43. The summed E-state index contributed by atoms with van der Waals surface area (Å²) in [6, 6.07) is 4.78. The van der Waals surface area contributed by atoms with Gasteiger partial charge in [-0.1, -0.05) is 20.8 Å². The Kier molecular flexibility index (Phi) is 5.35. The molecule has 1 aromatic heterocycles. The number of piperidine rings is 1. The number of aromatic nitrogens is 2. The van der Waals surface area contributed by atoms with Crippen molar-refractivity contribution in [3.63, 3.8) is 0 Å². The Morgan fingerprint density at radius 1 is 1.30 bits per heavy atom. The molecule has 0 saturated carbocycles. The van der Waals surface area contributed by atoms with Crippen LogP contribution in [0.4, 0.5) is 5.82 Å². The van der Waals surface area contributed by atoms with E-state index in [1.165, 1.54) is 12.8 Å². The van der Waals surface area contributed by atoms with Crippen LogP contribution in [0.3, 0.4) is 0 Å². The van der Waals surface area contributed by atoms with Gasteiger partial charge in [-0.05, 0) is 50.3 Å². The third kappa shape index (κ3) is 3.92. The second kappa shape index (κ2) is 7.02. The molecule has 0 aromatic carbocycles. The first kappa shape index (κ1) is 15.2. The minimum absolute atomic E-state index is 0.558. The van der Waals surface area contributed by atoms with Gasteiger partial charge in [-0.2, -0.15) is 5.10 Å². The Bertz CT molecular complexity index is 401. The van der Waals surface area contributed by atoms with Crippen molar-refractivity contribution >= 4 is 5.82 Å². The van der Waals surface area contributed by atoms with Crippen LogP contribution in [-0.4, -0.2) is 29.3 Å². The predicted octanol–water partition coefficient (Wildman–Crippen LogP) is 2.85. The van der Waals surface area contributed by atoms with E-state index >= 15 is 0 Å². The fraction of sp³-hybridized carbons (Fsp3) is 0.750. The van der Waals surface area contributed by atoms with Gasteiger partial charge in [0, 0.05) is 19.1 Å². The van der Waals surface area contributed by atoms with Crippen LogP contribution in [0.1, 0.15) is 46.2 Å². The Labute approximate surface area is 123 Å². The van der Waals surface area contributed by atoms with Crippen molar-refractivity contribution in [3.8, 4) is 0 Å². The Morgan fingerprint density at radius 3 is 2.75 bits per heavy atom. The third-order valence-corrected chi connectivity index (χ3v) is 4.23. The van der Waals surface area contributed by atoms with E-state index in [0.717, 1.165) is 37.1 Å². The number of nitrogens with one attached hydrogen (secondary N) is 1. The van der Waals surface area contributed by atoms with Gasteiger partial charge in [0.1, 0.15) is 0 Å². The molecule has 1 N–H and O–H groups in total. The van der Waals surface area contributed by atoms with Crippen LogP contribution in [0.5, 0.6) is 0 Å². The van der Waals surface area contributed by atoms with Gasteiger partial charge < -0.3 is 10.2 Å². The molecule has 4 nitrogen and oxygen atoms in total. The van der Waals surface area contributed by atoms with Gasteiger partial charge >= 0.3 is 0 Å². The van der Waals surface area contributed by atoms with Crippen LogP contribution >= 0.6 is 0 Å². The van der Waals surface area contributed by atoms with Gasteiger partial charge in [-0.25, -0.2) is 0 Å². The lowest BCUT2D eigenvalue weighted by Gasteiger charge is -2.38. The van der Waals surface area contributed by atoms with Gasteiger partial charge in [0.05, 0.1) is 5.69 Å². The van der Waals surface area contributed by atoms with E-state index in [4.69, 9.17) is 0 Å². The van der Waals surface area contributed by atoms with Crippen LogP contribution in [0.25, 0.3) is 0 Å². The molecule has 20 heavy (non-hydrogen) atoms. The summed E-state index contributed by atoms with van der Waals surface area (Å²) >= 11 is 0. The molecule has 4 heteroatoms. The van der Waals surface area contributed by atoms with Crippen LogP contribution in [0, 0.1) is 11.8 Å². The summed E-state index contributed by atoms with van der Waals surface area (Å²) < 4.78 is 0. The monoisotopic (exact) mass is 276 g/mol. The van der Waals surface area contributed by atoms with Crippen molar-refractivity contribution in [1.29, 1.82) is 0 Å². The molecule has 1 aliphatic heterocycles. The quantitative estimate of drug-likeness (QED) is 0.898. The lowest BCUT2D eigenvalue weighted by molar-refractivity contribution is 0.361. The third-order valence-electron chi connectivity index (χ3n) is 4.23. The second-order valence-electron chi connectivity index (χ2n) is 6.46. The first-order chi connectivity index (χ1) is 9.58. The van der Waals surface area contributed by atoms with Crippen molar-refractivity contribution in [1.82, 2.24) is 15.5 Å². The molecule has 0 amide bonds. The molecule has 112 valence electrons. The zero-order valence-corrected chi connectivity index (χ0v) is 13.3. The Balaban J connectivity index is 1.93. The molecular weight excluding hydrogens is 248 g/mol. The average Bonchev–Trinajstić information content (AvgIpc) is 2.42. The van der Waals surface area contributed by atoms with E-state index < -0.39 is 0 Å². The van der Waals surface area contributed by atoms with Gasteiger partial charge in [0.15, 0.2) is 5.82 Å². The Morgan fingerprint density at radius 2 is 2.10 bits per heavy atom. The van der Waals surface area contributed by atoms with E-state index in [9.17, 15) is 0 Å². The van der Waals surface area contributed by atoms with Crippen molar-refractivity contribution in [2.24, 2.45) is 11.8 Å². The number of rotatable bonds is 5. The number of hydrogen-bond acceptors (Lipinski definition) is 4. The normalized spacial score (nSPS) is 23.4. The molecule has 0 spiro atoms. The second-order valence-corrected chi connectivity index (χ2v) is 6.46. The molecule has 2 atom stereocenters. The fourth-order valence-electron chi connectivity index (χ4n) is 2.75. The van der Waals surface area contributed by atoms with Crippen molar-refractivity contribution in [2.45, 2.75) is 53.1 Å². The molecule has 1 aliphatic rings. The van der Waals surface area contributed by atoms with E-state index in [-0.39, 0.29) is 0 Å². The van der Waals surface area contributed by atoms with E-state index in [1.807, 2.05) is 0 Å². The van der Waals surface area contributed by atoms with E-state index in [2.05, 4.69) is 60.2 Å². The van der Waals surface area contributed by atoms with Gasteiger partial charge in [0.25, 0.3) is 0 Å². The first-order valence-electron chi connectivity index (χ1n) is 7.88. The summed E-state index contributed by atoms with van der Waals surface area (Å²) in [6.45, 7) is 12.0. The number of hydrogen-bond donors (Lipinski definition) is 1. The molecule has 2 rings (SSSR count). The minimum atomic E-state index is 0.558. The smallest absolute Gasteiger partial charge is 0.151 e. The highest BCUT2D eigenvalue weighted by molar-refractivity contribution is 5.39. The highest BCUT2D eigenvalue weighted by Gasteiger charge is 2.25. The van der Waals surface area contributed by atoms with Crippen molar-refractivity contribution in [3.05, 3.63) is 17.8 Å². The molecule has 1 aromatic rings. The number of nitrogens with zero attached hydrogens (tertiary/aromatic N) is 3. The lowest BCUT2D eigenvalue weighted by atomic mass is 9.92. The zero-order valence-electron chi connectivity index (χ0n) is 13.3. The zero-order chi connectivity index (χ0) is 14.5. The molecule has 0 bridgehead atoms. The van der Waals surface area contributed by atoms with Crippen LogP contribution < -0.4 is 10.2 Å². The standard InChI is InChI=1S/C16H28N4/c1-12(2)10-17-11-15-7-8-16(19-18-15)20-9-5-6-13(3)14(20)4/h7-8,12-14,17H,5-6,9-11H2,1-4H3. The molecule has 0 radical (unpaired) electrons. The number of anilines is 1. The topological polar surface area (TPSA) is 41.0 Å². The first-order valence-corrected chi connectivity index (χ1v) is 7.88. The summed E-state index contributed by atoms with van der Waals surface area (Å²) in [5.74, 6) is 2.42. The molecule has 1 saturated heterocycles. The van der Waals surface area contributed by atoms with Crippen LogP contribution in [0.2, 0.25) is 0 Å². The predicted molar refractivity (Wildman–Crippen MR) is 83.8 cm³/mol. The minimum Gasteiger partial charge on any atom is -0.352 e. The maximum Gasteiger partial charge on any atom is 0.151 e. The van der Waals surface area contributed by atoms with Crippen molar-refractivity contribution < 1.29 is 0 Å². The summed E-state index contributed by atoms with van der Waals surface area (Å²) in [5, 5.41) is 12.2.